The number of benzene rings is 1. The third-order valence-corrected chi connectivity index (χ3v) is 4.45. The van der Waals surface area contributed by atoms with Crippen molar-refractivity contribution in [3.8, 4) is 5.75 Å². The molecular formula is C19H27NO4. The Hall–Kier alpha value is -2.04. The van der Waals surface area contributed by atoms with E-state index in [-0.39, 0.29) is 17.8 Å². The van der Waals surface area contributed by atoms with Crippen molar-refractivity contribution in [3.63, 3.8) is 0 Å². The number of carbonyl (C=O) groups is 2. The van der Waals surface area contributed by atoms with E-state index in [2.05, 4.69) is 13.8 Å². The number of carbonyl (C=O) groups excluding carboxylic acids is 2. The van der Waals surface area contributed by atoms with Gasteiger partial charge in [-0.1, -0.05) is 19.9 Å². The second-order valence-electron chi connectivity index (χ2n) is 6.46. The summed E-state index contributed by atoms with van der Waals surface area (Å²) in [4.78, 5) is 26.7. The summed E-state index contributed by atoms with van der Waals surface area (Å²) in [6.45, 7) is 7.41. The van der Waals surface area contributed by atoms with Gasteiger partial charge in [0.1, 0.15) is 5.75 Å². The van der Waals surface area contributed by atoms with Gasteiger partial charge in [0.2, 0.25) is 0 Å². The largest absolute Gasteiger partial charge is 0.496 e. The molecule has 1 amide bonds. The molecule has 24 heavy (non-hydrogen) atoms. The summed E-state index contributed by atoms with van der Waals surface area (Å²) >= 11 is 0. The summed E-state index contributed by atoms with van der Waals surface area (Å²) in [6, 6.07) is 5.73. The van der Waals surface area contributed by atoms with E-state index in [1.54, 1.807) is 18.9 Å². The minimum Gasteiger partial charge on any atom is -0.496 e. The van der Waals surface area contributed by atoms with Crippen LogP contribution in [0.15, 0.2) is 18.2 Å². The highest BCUT2D eigenvalue weighted by molar-refractivity contribution is 5.97. The Morgan fingerprint density at radius 3 is 2.71 bits per heavy atom. The number of ether oxygens (including phenoxy) is 2. The number of esters is 1. The fourth-order valence-corrected chi connectivity index (χ4v) is 3.04. The Balaban J connectivity index is 2.21. The summed E-state index contributed by atoms with van der Waals surface area (Å²) in [5, 5.41) is 0. The standard InChI is InChI=1S/C19H27NO4/c1-5-24-19(22)15-7-6-10-20(12-15)18(21)16-11-14(13(2)3)8-9-17(16)23-4/h8-9,11,13,15H,5-7,10,12H2,1-4H3. The maximum atomic E-state index is 13.0. The molecule has 1 fully saturated rings. The van der Waals surface area contributed by atoms with Gasteiger partial charge >= 0.3 is 5.97 Å². The zero-order valence-electron chi connectivity index (χ0n) is 15.0. The maximum Gasteiger partial charge on any atom is 0.310 e. The first-order valence-electron chi connectivity index (χ1n) is 8.61. The maximum absolute atomic E-state index is 13.0. The van der Waals surface area contributed by atoms with Crippen LogP contribution in [-0.4, -0.2) is 43.6 Å². The van der Waals surface area contributed by atoms with Gasteiger partial charge in [0, 0.05) is 13.1 Å². The second kappa shape index (κ2) is 8.18. The van der Waals surface area contributed by atoms with Crippen molar-refractivity contribution in [3.05, 3.63) is 29.3 Å². The minimum atomic E-state index is -0.234. The average molecular weight is 333 g/mol. The molecule has 5 heteroatoms. The molecule has 1 atom stereocenters. The molecular weight excluding hydrogens is 306 g/mol. The SMILES string of the molecule is CCOC(=O)C1CCCN(C(=O)c2cc(C(C)C)ccc2OC)C1. The van der Waals surface area contributed by atoms with Gasteiger partial charge in [0.15, 0.2) is 0 Å². The van der Waals surface area contributed by atoms with Crippen LogP contribution in [0.1, 0.15) is 55.5 Å². The summed E-state index contributed by atoms with van der Waals surface area (Å²) in [7, 11) is 1.57. The molecule has 1 aliphatic rings. The third kappa shape index (κ3) is 4.08. The Kier molecular flexibility index (Phi) is 6.23. The van der Waals surface area contributed by atoms with Gasteiger partial charge in [-0.15, -0.1) is 0 Å². The quantitative estimate of drug-likeness (QED) is 0.776. The molecule has 0 spiro atoms. The smallest absolute Gasteiger partial charge is 0.310 e. The second-order valence-corrected chi connectivity index (χ2v) is 6.46. The van der Waals surface area contributed by atoms with E-state index >= 15 is 0 Å². The fourth-order valence-electron chi connectivity index (χ4n) is 3.04. The molecule has 0 aliphatic carbocycles. The molecule has 1 heterocycles. The molecule has 132 valence electrons. The van der Waals surface area contributed by atoms with Crippen LogP contribution >= 0.6 is 0 Å². The van der Waals surface area contributed by atoms with Crippen LogP contribution in [0.2, 0.25) is 0 Å². The molecule has 0 aromatic heterocycles. The molecule has 1 aliphatic heterocycles. The lowest BCUT2D eigenvalue weighted by Gasteiger charge is -2.32. The van der Waals surface area contributed by atoms with Gasteiger partial charge in [-0.2, -0.15) is 0 Å². The first kappa shape index (κ1) is 18.3. The Bertz CT molecular complexity index is 597. The molecule has 0 N–H and O–H groups in total. The van der Waals surface area contributed by atoms with Crippen molar-refractivity contribution in [1.29, 1.82) is 0 Å². The number of rotatable bonds is 5. The van der Waals surface area contributed by atoms with Crippen molar-refractivity contribution >= 4 is 11.9 Å². The fraction of sp³-hybridized carbons (Fsp3) is 0.579. The normalized spacial score (nSPS) is 17.7. The number of piperidine rings is 1. The summed E-state index contributed by atoms with van der Waals surface area (Å²) in [5.41, 5.74) is 1.66. The number of amides is 1. The molecule has 0 saturated carbocycles. The third-order valence-electron chi connectivity index (χ3n) is 4.45. The monoisotopic (exact) mass is 333 g/mol. The lowest BCUT2D eigenvalue weighted by Crippen LogP contribution is -2.43. The molecule has 1 unspecified atom stereocenters. The number of methoxy groups -OCH3 is 1. The Morgan fingerprint density at radius 1 is 1.33 bits per heavy atom. The summed E-state index contributed by atoms with van der Waals surface area (Å²) < 4.78 is 10.5. The average Bonchev–Trinajstić information content (AvgIpc) is 2.60. The van der Waals surface area contributed by atoms with E-state index < -0.39 is 0 Å². The molecule has 0 bridgehead atoms. The Morgan fingerprint density at radius 2 is 2.08 bits per heavy atom. The van der Waals surface area contributed by atoms with E-state index in [0.29, 0.717) is 36.9 Å². The first-order valence-corrected chi connectivity index (χ1v) is 8.61. The van der Waals surface area contributed by atoms with Crippen LogP contribution in [-0.2, 0) is 9.53 Å². The predicted molar refractivity (Wildman–Crippen MR) is 92.3 cm³/mol. The Labute approximate surface area is 143 Å². The van der Waals surface area contributed by atoms with Gasteiger partial charge in [0.25, 0.3) is 5.91 Å². The molecule has 2 rings (SSSR count). The summed E-state index contributed by atoms with van der Waals surface area (Å²) in [6.07, 6.45) is 1.58. The molecule has 5 nitrogen and oxygen atoms in total. The van der Waals surface area contributed by atoms with E-state index in [1.165, 1.54) is 0 Å². The van der Waals surface area contributed by atoms with Crippen LogP contribution in [0, 0.1) is 5.92 Å². The molecule has 1 aromatic rings. The van der Waals surface area contributed by atoms with Gasteiger partial charge < -0.3 is 14.4 Å². The number of hydrogen-bond donors (Lipinski definition) is 0. The minimum absolute atomic E-state index is 0.0802. The van der Waals surface area contributed by atoms with Gasteiger partial charge in [-0.25, -0.2) is 0 Å². The number of likely N-dealkylation sites (tertiary alicyclic amines) is 1. The lowest BCUT2D eigenvalue weighted by atomic mass is 9.96. The first-order chi connectivity index (χ1) is 11.5. The van der Waals surface area contributed by atoms with Crippen LogP contribution < -0.4 is 4.74 Å². The van der Waals surface area contributed by atoms with E-state index in [1.807, 2.05) is 18.2 Å². The zero-order valence-corrected chi connectivity index (χ0v) is 15.0. The van der Waals surface area contributed by atoms with Gasteiger partial charge in [0.05, 0.1) is 25.2 Å². The highest BCUT2D eigenvalue weighted by Crippen LogP contribution is 2.27. The van der Waals surface area contributed by atoms with E-state index in [4.69, 9.17) is 9.47 Å². The van der Waals surface area contributed by atoms with Crippen molar-refractivity contribution < 1.29 is 19.1 Å². The van der Waals surface area contributed by atoms with Crippen molar-refractivity contribution in [1.82, 2.24) is 4.90 Å². The molecule has 0 radical (unpaired) electrons. The van der Waals surface area contributed by atoms with Gasteiger partial charge in [-0.05, 0) is 43.4 Å². The number of hydrogen-bond acceptors (Lipinski definition) is 4. The lowest BCUT2D eigenvalue weighted by molar-refractivity contribution is -0.149. The van der Waals surface area contributed by atoms with Crippen molar-refractivity contribution in [2.75, 3.05) is 26.8 Å². The van der Waals surface area contributed by atoms with E-state index in [0.717, 1.165) is 18.4 Å². The van der Waals surface area contributed by atoms with Gasteiger partial charge in [-0.3, -0.25) is 9.59 Å². The predicted octanol–water partition coefficient (Wildman–Crippen LogP) is 3.23. The van der Waals surface area contributed by atoms with Crippen LogP contribution in [0.4, 0.5) is 0 Å². The van der Waals surface area contributed by atoms with Crippen molar-refractivity contribution in [2.45, 2.75) is 39.5 Å². The zero-order chi connectivity index (χ0) is 17.7. The van der Waals surface area contributed by atoms with Crippen LogP contribution in [0.3, 0.4) is 0 Å². The van der Waals surface area contributed by atoms with E-state index in [9.17, 15) is 9.59 Å². The molecule has 1 saturated heterocycles. The van der Waals surface area contributed by atoms with Crippen LogP contribution in [0.5, 0.6) is 5.75 Å². The highest BCUT2D eigenvalue weighted by Gasteiger charge is 2.31. The molecule has 1 aromatic carbocycles. The topological polar surface area (TPSA) is 55.8 Å². The van der Waals surface area contributed by atoms with Crippen LogP contribution in [0.25, 0.3) is 0 Å². The number of nitrogens with zero attached hydrogens (tertiary/aromatic N) is 1. The van der Waals surface area contributed by atoms with Crippen molar-refractivity contribution in [2.24, 2.45) is 5.92 Å². The summed E-state index contributed by atoms with van der Waals surface area (Å²) in [5.74, 6) is 0.377. The highest BCUT2D eigenvalue weighted by atomic mass is 16.5.